The van der Waals surface area contributed by atoms with Crippen molar-refractivity contribution in [2.24, 2.45) is 10.8 Å². The maximum absolute atomic E-state index is 7.57. The van der Waals surface area contributed by atoms with Crippen LogP contribution in [-0.2, 0) is 0 Å². The molecule has 0 aromatic rings. The van der Waals surface area contributed by atoms with Gasteiger partial charge in [0.1, 0.15) is 0 Å². The zero-order chi connectivity index (χ0) is 13.5. The predicted molar refractivity (Wildman–Crippen MR) is 76.3 cm³/mol. The van der Waals surface area contributed by atoms with Crippen LogP contribution in [0, 0.1) is 10.8 Å². The van der Waals surface area contributed by atoms with E-state index >= 15 is 0 Å². The molecule has 2 N–H and O–H groups in total. The second-order valence-electron chi connectivity index (χ2n) is 6.58. The average molecular weight is 243 g/mol. The predicted octanol–water partition coefficient (Wildman–Crippen LogP) is 3.59. The summed E-state index contributed by atoms with van der Waals surface area (Å²) in [6.45, 7) is 11.6. The first-order valence-corrected chi connectivity index (χ1v) is 7.10. The Morgan fingerprint density at radius 3 is 1.65 bits per heavy atom. The molecule has 1 saturated carbocycles. The largest absolute Gasteiger partial charge is 0.397 e. The Morgan fingerprint density at radius 2 is 1.35 bits per heavy atom. The molecule has 2 nitrogen and oxygen atoms in total. The van der Waals surface area contributed by atoms with Gasteiger partial charge in [-0.25, -0.2) is 0 Å². The molecular weight excluding hydrogens is 210 g/mol. The Hall–Kier alpha value is -0.0800. The van der Waals surface area contributed by atoms with E-state index in [1.54, 1.807) is 6.92 Å². The molecule has 1 aliphatic carbocycles. The number of nitrogens with one attached hydrogen (secondary N) is 1. The highest BCUT2D eigenvalue weighted by Gasteiger charge is 2.39. The van der Waals surface area contributed by atoms with E-state index in [2.05, 4.69) is 40.1 Å². The normalized spacial score (nSPS) is 24.2. The molecule has 0 unspecified atom stereocenters. The molecule has 0 amide bonds. The molecule has 0 aromatic carbocycles. The van der Waals surface area contributed by atoms with Gasteiger partial charge in [0.25, 0.3) is 0 Å². The van der Waals surface area contributed by atoms with E-state index in [1.165, 1.54) is 32.1 Å². The molecule has 1 aliphatic rings. The quantitative estimate of drug-likeness (QED) is 0.737. The Kier molecular flexibility index (Phi) is 7.34. The molecule has 0 radical (unpaired) electrons. The van der Waals surface area contributed by atoms with Crippen LogP contribution in [0.1, 0.15) is 66.7 Å². The fourth-order valence-electron chi connectivity index (χ4n) is 3.47. The van der Waals surface area contributed by atoms with Gasteiger partial charge in [-0.05, 0) is 37.6 Å². The Labute approximate surface area is 108 Å². The Balaban J connectivity index is 0.000000770. The van der Waals surface area contributed by atoms with E-state index in [0.717, 1.165) is 0 Å². The minimum absolute atomic E-state index is 0.250. The first-order chi connectivity index (χ1) is 7.81. The average Bonchev–Trinajstić information content (AvgIpc) is 2.16. The summed E-state index contributed by atoms with van der Waals surface area (Å²) >= 11 is 0. The first-order valence-electron chi connectivity index (χ1n) is 7.10. The smallest absolute Gasteiger partial charge is 0.0402 e. The summed E-state index contributed by atoms with van der Waals surface area (Å²) in [5.74, 6) is 0. The zero-order valence-corrected chi connectivity index (χ0v) is 12.8. The van der Waals surface area contributed by atoms with Gasteiger partial charge in [-0.2, -0.15) is 0 Å². The Morgan fingerprint density at radius 1 is 1.00 bits per heavy atom. The number of rotatable bonds is 1. The maximum atomic E-state index is 7.57. The number of hydrogen-bond donors (Lipinski definition) is 2. The summed E-state index contributed by atoms with van der Waals surface area (Å²) in [4.78, 5) is 0. The molecule has 0 bridgehead atoms. The van der Waals surface area contributed by atoms with E-state index in [0.29, 0.717) is 16.9 Å². The van der Waals surface area contributed by atoms with Crippen LogP contribution >= 0.6 is 0 Å². The van der Waals surface area contributed by atoms with Crippen molar-refractivity contribution in [2.45, 2.75) is 72.8 Å². The highest BCUT2D eigenvalue weighted by molar-refractivity contribution is 4.94. The van der Waals surface area contributed by atoms with Gasteiger partial charge in [0.05, 0.1) is 0 Å². The minimum atomic E-state index is 0.250. The lowest BCUT2D eigenvalue weighted by atomic mass is 9.64. The SMILES string of the molecule is CCO.CNC1C(C)(C)CCCCCC1(C)C. The zero-order valence-electron chi connectivity index (χ0n) is 12.8. The van der Waals surface area contributed by atoms with E-state index in [1.807, 2.05) is 0 Å². The maximum Gasteiger partial charge on any atom is 0.0402 e. The van der Waals surface area contributed by atoms with Crippen LogP contribution in [0.15, 0.2) is 0 Å². The third-order valence-electron chi connectivity index (χ3n) is 3.99. The lowest BCUT2D eigenvalue weighted by Gasteiger charge is -2.46. The van der Waals surface area contributed by atoms with Gasteiger partial charge in [-0.15, -0.1) is 0 Å². The monoisotopic (exact) mass is 243 g/mol. The highest BCUT2D eigenvalue weighted by atomic mass is 16.2. The van der Waals surface area contributed by atoms with Crippen molar-refractivity contribution in [1.29, 1.82) is 0 Å². The van der Waals surface area contributed by atoms with Gasteiger partial charge >= 0.3 is 0 Å². The lowest BCUT2D eigenvalue weighted by Crippen LogP contribution is -2.50. The molecule has 1 fully saturated rings. The number of aliphatic hydroxyl groups excluding tert-OH is 1. The summed E-state index contributed by atoms with van der Waals surface area (Å²) in [5.41, 5.74) is 0.886. The van der Waals surface area contributed by atoms with E-state index in [-0.39, 0.29) is 6.61 Å². The van der Waals surface area contributed by atoms with Crippen molar-refractivity contribution in [3.8, 4) is 0 Å². The molecule has 0 spiro atoms. The first kappa shape index (κ1) is 16.9. The van der Waals surface area contributed by atoms with Crippen LogP contribution in [0.2, 0.25) is 0 Å². The minimum Gasteiger partial charge on any atom is -0.397 e. The number of aliphatic hydroxyl groups is 1. The molecule has 2 heteroatoms. The Bertz CT molecular complexity index is 181. The molecule has 0 heterocycles. The second-order valence-corrected chi connectivity index (χ2v) is 6.58. The standard InChI is InChI=1S/C13H27N.C2H6O/c1-12(2)9-7-6-8-10-13(3,4)11(12)14-5;1-2-3/h11,14H,6-10H2,1-5H3;3H,2H2,1H3. The van der Waals surface area contributed by atoms with Crippen LogP contribution < -0.4 is 5.32 Å². The van der Waals surface area contributed by atoms with Gasteiger partial charge in [-0.1, -0.05) is 47.0 Å². The van der Waals surface area contributed by atoms with Crippen LogP contribution in [0.4, 0.5) is 0 Å². The van der Waals surface area contributed by atoms with Crippen molar-refractivity contribution < 1.29 is 5.11 Å². The highest BCUT2D eigenvalue weighted by Crippen LogP contribution is 2.42. The third kappa shape index (κ3) is 5.39. The summed E-state index contributed by atoms with van der Waals surface area (Å²) in [6, 6.07) is 0.648. The van der Waals surface area contributed by atoms with Crippen LogP contribution in [-0.4, -0.2) is 24.8 Å². The molecular formula is C15H33NO. The molecule has 1 rings (SSSR count). The van der Waals surface area contributed by atoms with Crippen molar-refractivity contribution in [3.05, 3.63) is 0 Å². The van der Waals surface area contributed by atoms with Gasteiger partial charge < -0.3 is 10.4 Å². The molecule has 0 saturated heterocycles. The fraction of sp³-hybridized carbons (Fsp3) is 1.00. The molecule has 0 atom stereocenters. The third-order valence-corrected chi connectivity index (χ3v) is 3.99. The van der Waals surface area contributed by atoms with Crippen LogP contribution in [0.5, 0.6) is 0 Å². The van der Waals surface area contributed by atoms with E-state index in [4.69, 9.17) is 5.11 Å². The second kappa shape index (κ2) is 7.38. The van der Waals surface area contributed by atoms with Crippen LogP contribution in [0.25, 0.3) is 0 Å². The fourth-order valence-corrected chi connectivity index (χ4v) is 3.47. The van der Waals surface area contributed by atoms with E-state index in [9.17, 15) is 0 Å². The topological polar surface area (TPSA) is 32.3 Å². The van der Waals surface area contributed by atoms with Crippen LogP contribution in [0.3, 0.4) is 0 Å². The summed E-state index contributed by atoms with van der Waals surface area (Å²) in [7, 11) is 2.12. The summed E-state index contributed by atoms with van der Waals surface area (Å²) in [6.07, 6.45) is 6.95. The van der Waals surface area contributed by atoms with Crippen molar-refractivity contribution in [2.75, 3.05) is 13.7 Å². The van der Waals surface area contributed by atoms with Gasteiger partial charge in [0.15, 0.2) is 0 Å². The summed E-state index contributed by atoms with van der Waals surface area (Å²) in [5, 5.41) is 11.1. The summed E-state index contributed by atoms with van der Waals surface area (Å²) < 4.78 is 0. The van der Waals surface area contributed by atoms with Crippen molar-refractivity contribution >= 4 is 0 Å². The molecule has 0 aromatic heterocycles. The van der Waals surface area contributed by atoms with Gasteiger partial charge in [0, 0.05) is 12.6 Å². The molecule has 104 valence electrons. The van der Waals surface area contributed by atoms with Crippen molar-refractivity contribution in [1.82, 2.24) is 5.32 Å². The van der Waals surface area contributed by atoms with Gasteiger partial charge in [0.2, 0.25) is 0 Å². The van der Waals surface area contributed by atoms with E-state index < -0.39 is 0 Å². The van der Waals surface area contributed by atoms with Crippen molar-refractivity contribution in [3.63, 3.8) is 0 Å². The molecule has 17 heavy (non-hydrogen) atoms. The number of hydrogen-bond acceptors (Lipinski definition) is 2. The van der Waals surface area contributed by atoms with Gasteiger partial charge in [-0.3, -0.25) is 0 Å². The molecule has 0 aliphatic heterocycles. The lowest BCUT2D eigenvalue weighted by molar-refractivity contribution is 0.0835.